The first-order valence-electron chi connectivity index (χ1n) is 5.72. The Labute approximate surface area is 118 Å². The third-order valence-electron chi connectivity index (χ3n) is 2.88. The highest BCUT2D eigenvalue weighted by Crippen LogP contribution is 2.36. The molecular weight excluding hydrogens is 314 g/mol. The zero-order valence-electron chi connectivity index (χ0n) is 9.89. The van der Waals surface area contributed by atoms with Gasteiger partial charge in [0.25, 0.3) is 0 Å². The first-order chi connectivity index (χ1) is 9.11. The van der Waals surface area contributed by atoms with Crippen LogP contribution in [0.25, 0.3) is 0 Å². The van der Waals surface area contributed by atoms with Gasteiger partial charge in [0.2, 0.25) is 0 Å². The minimum Gasteiger partial charge on any atom is -0.303 e. The normalized spacial score (nSPS) is 13.8. The molecule has 19 heavy (non-hydrogen) atoms. The molecule has 0 spiro atoms. The van der Waals surface area contributed by atoms with E-state index >= 15 is 0 Å². The fraction of sp³-hybridized carbons (Fsp3) is 0.133. The summed E-state index contributed by atoms with van der Waals surface area (Å²) in [4.78, 5) is 10.9. The molecule has 0 fully saturated rings. The number of halogens is 3. The Morgan fingerprint density at radius 2 is 1.63 bits per heavy atom. The highest BCUT2D eigenvalue weighted by Gasteiger charge is 2.22. The van der Waals surface area contributed by atoms with Gasteiger partial charge in [0.05, 0.1) is 10.7 Å². The van der Waals surface area contributed by atoms with E-state index in [1.165, 1.54) is 24.3 Å². The lowest BCUT2D eigenvalue weighted by Gasteiger charge is -2.18. The first kappa shape index (κ1) is 13.9. The number of benzene rings is 2. The molecule has 2 atom stereocenters. The number of hydrogen-bond acceptors (Lipinski definition) is 1. The van der Waals surface area contributed by atoms with E-state index in [9.17, 15) is 13.6 Å². The van der Waals surface area contributed by atoms with Crippen LogP contribution >= 0.6 is 15.9 Å². The monoisotopic (exact) mass is 324 g/mol. The number of aldehydes is 1. The van der Waals surface area contributed by atoms with Gasteiger partial charge in [0.15, 0.2) is 0 Å². The second kappa shape index (κ2) is 6.06. The minimum absolute atomic E-state index is 0.355. The molecule has 2 aromatic carbocycles. The summed E-state index contributed by atoms with van der Waals surface area (Å²) in [5, 5.41) is 0. The van der Waals surface area contributed by atoms with Crippen LogP contribution in [-0.4, -0.2) is 6.29 Å². The largest absolute Gasteiger partial charge is 0.303 e. The summed E-state index contributed by atoms with van der Waals surface area (Å²) in [6, 6.07) is 11.8. The molecule has 0 bridgehead atoms. The van der Waals surface area contributed by atoms with E-state index in [-0.39, 0.29) is 16.5 Å². The number of carbonyl (C=O) groups excluding carboxylic acids is 1. The van der Waals surface area contributed by atoms with Gasteiger partial charge in [-0.05, 0) is 35.4 Å². The lowest BCUT2D eigenvalue weighted by molar-refractivity contribution is -0.109. The van der Waals surface area contributed by atoms with Crippen molar-refractivity contribution in [3.8, 4) is 0 Å². The van der Waals surface area contributed by atoms with Crippen LogP contribution in [0.4, 0.5) is 8.78 Å². The maximum atomic E-state index is 13.2. The molecule has 0 aromatic heterocycles. The molecule has 98 valence electrons. The van der Waals surface area contributed by atoms with Gasteiger partial charge in [-0.2, -0.15) is 0 Å². The standard InChI is InChI=1S/C15H11BrF2O/c16-15(11-2-1-3-13(18)8-11)14(9-19)10-4-6-12(17)7-5-10/h1-9,14-15H. The van der Waals surface area contributed by atoms with E-state index in [0.29, 0.717) is 11.1 Å². The molecule has 0 saturated carbocycles. The minimum atomic E-state index is -0.498. The second-order valence-corrected chi connectivity index (χ2v) is 5.16. The van der Waals surface area contributed by atoms with Gasteiger partial charge in [-0.1, -0.05) is 40.2 Å². The Morgan fingerprint density at radius 3 is 2.21 bits per heavy atom. The number of alkyl halides is 1. The summed E-state index contributed by atoms with van der Waals surface area (Å²) in [6.07, 6.45) is 0.775. The second-order valence-electron chi connectivity index (χ2n) is 4.17. The summed E-state index contributed by atoms with van der Waals surface area (Å²) >= 11 is 3.41. The van der Waals surface area contributed by atoms with E-state index in [4.69, 9.17) is 0 Å². The summed E-state index contributed by atoms with van der Waals surface area (Å²) < 4.78 is 26.1. The van der Waals surface area contributed by atoms with Crippen molar-refractivity contribution < 1.29 is 13.6 Å². The van der Waals surface area contributed by atoms with E-state index < -0.39 is 5.92 Å². The molecule has 0 aliphatic rings. The van der Waals surface area contributed by atoms with E-state index in [1.54, 1.807) is 24.3 Å². The quantitative estimate of drug-likeness (QED) is 0.602. The van der Waals surface area contributed by atoms with Crippen molar-refractivity contribution in [1.29, 1.82) is 0 Å². The van der Waals surface area contributed by atoms with Crippen molar-refractivity contribution in [2.75, 3.05) is 0 Å². The summed E-state index contributed by atoms with van der Waals surface area (Å²) in [5.74, 6) is -1.21. The van der Waals surface area contributed by atoms with Crippen molar-refractivity contribution in [2.45, 2.75) is 10.7 Å². The van der Waals surface area contributed by atoms with Crippen molar-refractivity contribution >= 4 is 22.2 Å². The van der Waals surface area contributed by atoms with Gasteiger partial charge in [0.1, 0.15) is 17.9 Å². The average molecular weight is 325 g/mol. The molecule has 0 N–H and O–H groups in total. The zero-order valence-corrected chi connectivity index (χ0v) is 11.5. The molecule has 2 unspecified atom stereocenters. The Bertz CT molecular complexity index is 569. The molecule has 0 heterocycles. The Kier molecular flexibility index (Phi) is 4.43. The van der Waals surface area contributed by atoms with Crippen LogP contribution in [-0.2, 0) is 4.79 Å². The van der Waals surface area contributed by atoms with Gasteiger partial charge in [-0.3, -0.25) is 0 Å². The predicted octanol–water partition coefficient (Wildman–Crippen LogP) is 4.38. The molecule has 0 amide bonds. The molecule has 2 aromatic rings. The van der Waals surface area contributed by atoms with E-state index in [2.05, 4.69) is 15.9 Å². The fourth-order valence-electron chi connectivity index (χ4n) is 1.89. The molecule has 0 aliphatic carbocycles. The Balaban J connectivity index is 2.31. The Hall–Kier alpha value is -1.55. The smallest absolute Gasteiger partial charge is 0.128 e. The van der Waals surface area contributed by atoms with Crippen molar-refractivity contribution in [3.63, 3.8) is 0 Å². The Morgan fingerprint density at radius 1 is 0.947 bits per heavy atom. The van der Waals surface area contributed by atoms with Gasteiger partial charge in [-0.15, -0.1) is 0 Å². The third kappa shape index (κ3) is 3.26. The van der Waals surface area contributed by atoms with Gasteiger partial charge < -0.3 is 4.79 Å². The highest BCUT2D eigenvalue weighted by atomic mass is 79.9. The van der Waals surface area contributed by atoms with Crippen LogP contribution in [0.5, 0.6) is 0 Å². The van der Waals surface area contributed by atoms with Gasteiger partial charge >= 0.3 is 0 Å². The molecular formula is C15H11BrF2O. The van der Waals surface area contributed by atoms with Crippen molar-refractivity contribution in [1.82, 2.24) is 0 Å². The highest BCUT2D eigenvalue weighted by molar-refractivity contribution is 9.09. The van der Waals surface area contributed by atoms with Crippen LogP contribution < -0.4 is 0 Å². The van der Waals surface area contributed by atoms with Gasteiger partial charge in [0, 0.05) is 0 Å². The van der Waals surface area contributed by atoms with Crippen molar-refractivity contribution in [2.24, 2.45) is 0 Å². The topological polar surface area (TPSA) is 17.1 Å². The molecule has 0 saturated heterocycles. The molecule has 4 heteroatoms. The third-order valence-corrected chi connectivity index (χ3v) is 3.98. The first-order valence-corrected chi connectivity index (χ1v) is 6.63. The number of rotatable bonds is 4. The van der Waals surface area contributed by atoms with Crippen molar-refractivity contribution in [3.05, 3.63) is 71.3 Å². The summed E-state index contributed by atoms with van der Waals surface area (Å²) in [7, 11) is 0. The summed E-state index contributed by atoms with van der Waals surface area (Å²) in [6.45, 7) is 0. The van der Waals surface area contributed by atoms with E-state index in [1.807, 2.05) is 0 Å². The SMILES string of the molecule is O=CC(c1ccc(F)cc1)C(Br)c1cccc(F)c1. The van der Waals surface area contributed by atoms with Crippen LogP contribution in [0.1, 0.15) is 21.9 Å². The van der Waals surface area contributed by atoms with Gasteiger partial charge in [-0.25, -0.2) is 8.78 Å². The predicted molar refractivity (Wildman–Crippen MR) is 73.3 cm³/mol. The van der Waals surface area contributed by atoms with Crippen LogP contribution in [0.3, 0.4) is 0 Å². The lowest BCUT2D eigenvalue weighted by atomic mass is 9.93. The molecule has 0 radical (unpaired) electrons. The number of carbonyl (C=O) groups is 1. The van der Waals surface area contributed by atoms with Crippen LogP contribution in [0.15, 0.2) is 48.5 Å². The molecule has 2 rings (SSSR count). The average Bonchev–Trinajstić information content (AvgIpc) is 2.41. The molecule has 0 aliphatic heterocycles. The molecule has 1 nitrogen and oxygen atoms in total. The maximum Gasteiger partial charge on any atom is 0.128 e. The lowest BCUT2D eigenvalue weighted by Crippen LogP contribution is -2.08. The van der Waals surface area contributed by atoms with E-state index in [0.717, 1.165) is 6.29 Å². The summed E-state index contributed by atoms with van der Waals surface area (Å²) in [5.41, 5.74) is 1.35. The maximum absolute atomic E-state index is 13.2. The van der Waals surface area contributed by atoms with Crippen LogP contribution in [0, 0.1) is 11.6 Å². The number of hydrogen-bond donors (Lipinski definition) is 0. The zero-order chi connectivity index (χ0) is 13.8. The van der Waals surface area contributed by atoms with Crippen LogP contribution in [0.2, 0.25) is 0 Å². The fourth-order valence-corrected chi connectivity index (χ4v) is 2.60.